The van der Waals surface area contributed by atoms with Crippen LogP contribution in [-0.4, -0.2) is 10.9 Å². The number of aromatic nitrogens is 1. The number of amides is 1. The van der Waals surface area contributed by atoms with Crippen LogP contribution < -0.4 is 5.32 Å². The van der Waals surface area contributed by atoms with Crippen molar-refractivity contribution in [3.05, 3.63) is 24.0 Å². The molecule has 1 amide bonds. The first-order valence-corrected chi connectivity index (χ1v) is 6.31. The molecule has 1 saturated carbocycles. The molecule has 4 nitrogen and oxygen atoms in total. The molecule has 0 radical (unpaired) electrons. The molecule has 4 heteroatoms. The van der Waals surface area contributed by atoms with Gasteiger partial charge in [-0.1, -0.05) is 19.3 Å². The van der Waals surface area contributed by atoms with E-state index in [0.717, 1.165) is 24.8 Å². The fraction of sp³-hybridized carbons (Fsp3) is 0.500. The number of aryl methyl sites for hydroxylation is 1. The maximum absolute atomic E-state index is 12.3. The molecule has 0 aromatic carbocycles. The lowest BCUT2D eigenvalue weighted by Crippen LogP contribution is -2.37. The number of nitriles is 1. The van der Waals surface area contributed by atoms with Gasteiger partial charge in [0, 0.05) is 6.20 Å². The van der Waals surface area contributed by atoms with E-state index in [2.05, 4.69) is 16.4 Å². The number of hydrogen-bond donors (Lipinski definition) is 1. The van der Waals surface area contributed by atoms with Gasteiger partial charge in [0.05, 0.1) is 18.0 Å². The van der Waals surface area contributed by atoms with Crippen LogP contribution in [-0.2, 0) is 4.79 Å². The predicted molar refractivity (Wildman–Crippen MR) is 68.7 cm³/mol. The highest BCUT2D eigenvalue weighted by atomic mass is 16.2. The van der Waals surface area contributed by atoms with Crippen molar-refractivity contribution in [2.45, 2.75) is 39.0 Å². The second-order valence-corrected chi connectivity index (χ2v) is 4.90. The number of nitrogens with zero attached hydrogens (tertiary/aromatic N) is 2. The summed E-state index contributed by atoms with van der Waals surface area (Å²) in [5.74, 6) is -0.180. The van der Waals surface area contributed by atoms with E-state index in [1.165, 1.54) is 0 Å². The van der Waals surface area contributed by atoms with Crippen molar-refractivity contribution in [2.24, 2.45) is 5.41 Å². The highest BCUT2D eigenvalue weighted by Crippen LogP contribution is 2.36. The third kappa shape index (κ3) is 2.35. The topological polar surface area (TPSA) is 65.8 Å². The Bertz CT molecular complexity index is 484. The largest absolute Gasteiger partial charge is 0.323 e. The van der Waals surface area contributed by atoms with Gasteiger partial charge in [-0.25, -0.2) is 0 Å². The predicted octanol–water partition coefficient (Wildman–Crippen LogP) is 2.80. The molecule has 0 spiro atoms. The maximum Gasteiger partial charge on any atom is 0.244 e. The Morgan fingerprint density at radius 1 is 1.44 bits per heavy atom. The van der Waals surface area contributed by atoms with Gasteiger partial charge < -0.3 is 5.32 Å². The first kappa shape index (κ1) is 12.6. The average Bonchev–Trinajstić information content (AvgIpc) is 2.42. The molecule has 0 unspecified atom stereocenters. The number of carbonyl (C=O) groups excluding carboxylic acids is 1. The van der Waals surface area contributed by atoms with Crippen molar-refractivity contribution < 1.29 is 4.79 Å². The number of anilines is 1. The minimum atomic E-state index is -0.847. The zero-order valence-corrected chi connectivity index (χ0v) is 10.6. The van der Waals surface area contributed by atoms with E-state index in [1.54, 1.807) is 12.4 Å². The van der Waals surface area contributed by atoms with Gasteiger partial charge in [0.15, 0.2) is 0 Å². The van der Waals surface area contributed by atoms with E-state index >= 15 is 0 Å². The molecule has 18 heavy (non-hydrogen) atoms. The highest BCUT2D eigenvalue weighted by molar-refractivity contribution is 5.97. The van der Waals surface area contributed by atoms with Crippen molar-refractivity contribution in [1.82, 2.24) is 4.98 Å². The normalized spacial score (nSPS) is 17.8. The fourth-order valence-corrected chi connectivity index (χ4v) is 2.38. The molecule has 1 aliphatic carbocycles. The van der Waals surface area contributed by atoms with Crippen LogP contribution in [0.25, 0.3) is 0 Å². The number of carbonyl (C=O) groups is 1. The smallest absolute Gasteiger partial charge is 0.244 e. The molecular weight excluding hydrogens is 226 g/mol. The van der Waals surface area contributed by atoms with Gasteiger partial charge in [-0.15, -0.1) is 0 Å². The van der Waals surface area contributed by atoms with Gasteiger partial charge in [0.2, 0.25) is 5.91 Å². The molecule has 1 aromatic heterocycles. The number of rotatable bonds is 2. The highest BCUT2D eigenvalue weighted by Gasteiger charge is 2.39. The molecule has 1 heterocycles. The minimum Gasteiger partial charge on any atom is -0.323 e. The molecular formula is C14H17N3O. The van der Waals surface area contributed by atoms with Gasteiger partial charge in [-0.3, -0.25) is 9.78 Å². The summed E-state index contributed by atoms with van der Waals surface area (Å²) in [4.78, 5) is 16.3. The van der Waals surface area contributed by atoms with Crippen molar-refractivity contribution in [3.63, 3.8) is 0 Å². The van der Waals surface area contributed by atoms with Gasteiger partial charge in [0.1, 0.15) is 5.41 Å². The summed E-state index contributed by atoms with van der Waals surface area (Å²) >= 11 is 0. The lowest BCUT2D eigenvalue weighted by atomic mass is 9.74. The van der Waals surface area contributed by atoms with Gasteiger partial charge >= 0.3 is 0 Å². The molecule has 0 aliphatic heterocycles. The molecule has 0 saturated heterocycles. The summed E-state index contributed by atoms with van der Waals surface area (Å²) in [6, 6.07) is 4.07. The van der Waals surface area contributed by atoms with E-state index in [1.807, 2.05) is 13.0 Å². The first-order valence-electron chi connectivity index (χ1n) is 6.31. The van der Waals surface area contributed by atoms with Crippen LogP contribution in [0.1, 0.15) is 37.7 Å². The van der Waals surface area contributed by atoms with Crippen LogP contribution in [0, 0.1) is 23.7 Å². The standard InChI is InChI=1S/C14H17N3O/c1-11-5-8-16-9-12(11)17-13(18)14(10-15)6-3-2-4-7-14/h5,8-9H,2-4,6-7H2,1H3,(H,17,18). The van der Waals surface area contributed by atoms with E-state index in [4.69, 9.17) is 0 Å². The first-order chi connectivity index (χ1) is 8.68. The van der Waals surface area contributed by atoms with Crippen LogP contribution in [0.2, 0.25) is 0 Å². The lowest BCUT2D eigenvalue weighted by Gasteiger charge is -2.29. The van der Waals surface area contributed by atoms with E-state index in [0.29, 0.717) is 18.5 Å². The van der Waals surface area contributed by atoms with E-state index in [9.17, 15) is 10.1 Å². The Balaban J connectivity index is 2.16. The second-order valence-electron chi connectivity index (χ2n) is 4.90. The minimum absolute atomic E-state index is 0.180. The number of nitrogens with one attached hydrogen (secondary N) is 1. The van der Waals surface area contributed by atoms with Gasteiger partial charge in [0.25, 0.3) is 0 Å². The van der Waals surface area contributed by atoms with Crippen molar-refractivity contribution in [1.29, 1.82) is 5.26 Å². The summed E-state index contributed by atoms with van der Waals surface area (Å²) in [6.07, 6.45) is 7.65. The second kappa shape index (κ2) is 5.18. The molecule has 0 atom stereocenters. The Morgan fingerprint density at radius 3 is 2.78 bits per heavy atom. The van der Waals surface area contributed by atoms with Crippen LogP contribution in [0.15, 0.2) is 18.5 Å². The third-order valence-corrected chi connectivity index (χ3v) is 3.64. The third-order valence-electron chi connectivity index (χ3n) is 3.64. The van der Waals surface area contributed by atoms with E-state index < -0.39 is 5.41 Å². The summed E-state index contributed by atoms with van der Waals surface area (Å²) in [5, 5.41) is 12.2. The summed E-state index contributed by atoms with van der Waals surface area (Å²) in [5.41, 5.74) is 0.811. The SMILES string of the molecule is Cc1ccncc1NC(=O)C1(C#N)CCCCC1. The molecule has 2 rings (SSSR count). The monoisotopic (exact) mass is 243 g/mol. The summed E-state index contributed by atoms with van der Waals surface area (Å²) < 4.78 is 0. The number of hydrogen-bond acceptors (Lipinski definition) is 3. The van der Waals surface area contributed by atoms with Crippen molar-refractivity contribution in [2.75, 3.05) is 5.32 Å². The van der Waals surface area contributed by atoms with Crippen LogP contribution in [0.3, 0.4) is 0 Å². The molecule has 1 aromatic rings. The summed E-state index contributed by atoms with van der Waals surface area (Å²) in [7, 11) is 0. The Labute approximate surface area is 107 Å². The average molecular weight is 243 g/mol. The van der Waals surface area contributed by atoms with Crippen LogP contribution in [0.5, 0.6) is 0 Å². The quantitative estimate of drug-likeness (QED) is 0.868. The Morgan fingerprint density at radius 2 is 2.17 bits per heavy atom. The Hall–Kier alpha value is -1.89. The molecule has 1 N–H and O–H groups in total. The fourth-order valence-electron chi connectivity index (χ4n) is 2.38. The van der Waals surface area contributed by atoms with Crippen molar-refractivity contribution >= 4 is 11.6 Å². The van der Waals surface area contributed by atoms with Gasteiger partial charge in [-0.05, 0) is 31.4 Å². The molecule has 1 aliphatic rings. The molecule has 1 fully saturated rings. The van der Waals surface area contributed by atoms with E-state index in [-0.39, 0.29) is 5.91 Å². The molecule has 0 bridgehead atoms. The Kier molecular flexibility index (Phi) is 3.61. The van der Waals surface area contributed by atoms with Crippen molar-refractivity contribution in [3.8, 4) is 6.07 Å². The van der Waals surface area contributed by atoms with Crippen LogP contribution >= 0.6 is 0 Å². The lowest BCUT2D eigenvalue weighted by molar-refractivity contribution is -0.124. The van der Waals surface area contributed by atoms with Gasteiger partial charge in [-0.2, -0.15) is 5.26 Å². The van der Waals surface area contributed by atoms with Crippen LogP contribution in [0.4, 0.5) is 5.69 Å². The number of pyridine rings is 1. The maximum atomic E-state index is 12.3. The summed E-state index contributed by atoms with van der Waals surface area (Å²) in [6.45, 7) is 1.91. The zero-order valence-electron chi connectivity index (χ0n) is 10.6. The zero-order chi connectivity index (χ0) is 13.0. The molecule has 94 valence electrons.